The van der Waals surface area contributed by atoms with E-state index in [1.165, 1.54) is 56.6 Å². The minimum Gasteiger partial charge on any atom is -0.314 e. The van der Waals surface area contributed by atoms with Gasteiger partial charge in [-0.2, -0.15) is 0 Å². The van der Waals surface area contributed by atoms with Crippen LogP contribution in [0.3, 0.4) is 0 Å². The first-order chi connectivity index (χ1) is 8.42. The zero-order valence-corrected chi connectivity index (χ0v) is 11.2. The molecule has 0 spiro atoms. The number of nitrogens with one attached hydrogen (secondary N) is 1. The molecular weight excluding hydrogens is 228 g/mol. The van der Waals surface area contributed by atoms with Crippen molar-refractivity contribution in [1.29, 1.82) is 0 Å². The Hall–Kier alpha value is -0.380. The minimum absolute atomic E-state index is 0.791. The molecule has 0 amide bonds. The first-order valence-corrected chi connectivity index (χ1v) is 7.79. The van der Waals surface area contributed by atoms with Crippen LogP contribution in [0.25, 0.3) is 0 Å². The average Bonchev–Trinajstić information content (AvgIpc) is 2.85. The monoisotopic (exact) mass is 250 g/mol. The van der Waals surface area contributed by atoms with Gasteiger partial charge in [0.1, 0.15) is 0 Å². The lowest BCUT2D eigenvalue weighted by Gasteiger charge is -2.23. The quantitative estimate of drug-likeness (QED) is 0.835. The van der Waals surface area contributed by atoms with Crippen LogP contribution < -0.4 is 5.32 Å². The Morgan fingerprint density at radius 3 is 2.94 bits per heavy atom. The largest absolute Gasteiger partial charge is 0.314 e. The molecule has 1 aromatic rings. The number of thiophene rings is 1. The summed E-state index contributed by atoms with van der Waals surface area (Å²) in [4.78, 5) is 4.22. The van der Waals surface area contributed by atoms with Gasteiger partial charge in [-0.05, 0) is 50.1 Å². The molecule has 2 aliphatic rings. The van der Waals surface area contributed by atoms with Crippen molar-refractivity contribution in [1.82, 2.24) is 10.2 Å². The van der Waals surface area contributed by atoms with Crippen LogP contribution in [0, 0.1) is 0 Å². The van der Waals surface area contributed by atoms with E-state index >= 15 is 0 Å². The molecule has 0 bridgehead atoms. The second-order valence-electron chi connectivity index (χ2n) is 5.36. The summed E-state index contributed by atoms with van der Waals surface area (Å²) in [5, 5.41) is 5.80. The molecule has 2 fully saturated rings. The Labute approximate surface area is 108 Å². The third-order valence-corrected chi connectivity index (χ3v) is 4.79. The van der Waals surface area contributed by atoms with E-state index < -0.39 is 0 Å². The van der Waals surface area contributed by atoms with Gasteiger partial charge in [0.25, 0.3) is 0 Å². The van der Waals surface area contributed by atoms with Gasteiger partial charge in [-0.3, -0.25) is 4.90 Å². The van der Waals surface area contributed by atoms with Crippen LogP contribution in [0.4, 0.5) is 0 Å². The van der Waals surface area contributed by atoms with Gasteiger partial charge < -0.3 is 5.32 Å². The van der Waals surface area contributed by atoms with E-state index in [1.54, 1.807) is 0 Å². The van der Waals surface area contributed by atoms with E-state index in [9.17, 15) is 0 Å². The van der Waals surface area contributed by atoms with E-state index in [1.807, 2.05) is 11.3 Å². The topological polar surface area (TPSA) is 15.3 Å². The zero-order chi connectivity index (χ0) is 11.5. The highest BCUT2D eigenvalue weighted by Gasteiger charge is 2.29. The van der Waals surface area contributed by atoms with Gasteiger partial charge in [0.2, 0.25) is 0 Å². The maximum absolute atomic E-state index is 3.61. The molecule has 1 aliphatic carbocycles. The highest BCUT2D eigenvalue weighted by molar-refractivity contribution is 7.09. The van der Waals surface area contributed by atoms with E-state index in [0.717, 1.165) is 12.1 Å². The fourth-order valence-electron chi connectivity index (χ4n) is 2.76. The molecule has 1 atom stereocenters. The first kappa shape index (κ1) is 11.7. The molecule has 94 valence electrons. The van der Waals surface area contributed by atoms with Gasteiger partial charge in [-0.25, -0.2) is 0 Å². The highest BCUT2D eigenvalue weighted by Crippen LogP contribution is 2.29. The maximum atomic E-state index is 3.61. The van der Waals surface area contributed by atoms with E-state index in [4.69, 9.17) is 0 Å². The molecule has 1 aromatic heterocycles. The van der Waals surface area contributed by atoms with Gasteiger partial charge >= 0.3 is 0 Å². The molecule has 1 saturated carbocycles. The van der Waals surface area contributed by atoms with Crippen molar-refractivity contribution in [2.24, 2.45) is 0 Å². The van der Waals surface area contributed by atoms with Crippen LogP contribution in [0.5, 0.6) is 0 Å². The SMILES string of the molecule is c1csc(CN(CCC2CCCN2)C2CC2)c1. The third-order valence-electron chi connectivity index (χ3n) is 3.93. The molecular formula is C14H22N2S. The van der Waals surface area contributed by atoms with Crippen LogP contribution in [0.1, 0.15) is 37.0 Å². The Morgan fingerprint density at radius 1 is 1.35 bits per heavy atom. The number of hydrogen-bond acceptors (Lipinski definition) is 3. The van der Waals surface area contributed by atoms with Crippen LogP contribution in [0.2, 0.25) is 0 Å². The van der Waals surface area contributed by atoms with Gasteiger partial charge in [-0.15, -0.1) is 11.3 Å². The van der Waals surface area contributed by atoms with Crippen molar-refractivity contribution in [3.8, 4) is 0 Å². The summed E-state index contributed by atoms with van der Waals surface area (Å²) in [6.45, 7) is 3.69. The van der Waals surface area contributed by atoms with Crippen molar-refractivity contribution in [2.75, 3.05) is 13.1 Å². The number of nitrogens with zero attached hydrogens (tertiary/aromatic N) is 1. The zero-order valence-electron chi connectivity index (χ0n) is 10.4. The summed E-state index contributed by atoms with van der Waals surface area (Å²) in [5.74, 6) is 0. The summed E-state index contributed by atoms with van der Waals surface area (Å²) < 4.78 is 0. The molecule has 1 aliphatic heterocycles. The summed E-state index contributed by atoms with van der Waals surface area (Å²) >= 11 is 1.90. The molecule has 3 rings (SSSR count). The van der Waals surface area contributed by atoms with Gasteiger partial charge in [0.15, 0.2) is 0 Å². The Kier molecular flexibility index (Phi) is 3.79. The van der Waals surface area contributed by atoms with Gasteiger partial charge in [-0.1, -0.05) is 6.07 Å². The average molecular weight is 250 g/mol. The molecule has 0 radical (unpaired) electrons. The number of rotatable bonds is 6. The van der Waals surface area contributed by atoms with Crippen LogP contribution in [0.15, 0.2) is 17.5 Å². The van der Waals surface area contributed by atoms with Crippen LogP contribution in [-0.2, 0) is 6.54 Å². The Bertz CT molecular complexity index is 326. The smallest absolute Gasteiger partial charge is 0.0330 e. The second kappa shape index (κ2) is 5.51. The van der Waals surface area contributed by atoms with E-state index in [-0.39, 0.29) is 0 Å². The molecule has 1 N–H and O–H groups in total. The minimum atomic E-state index is 0.791. The first-order valence-electron chi connectivity index (χ1n) is 6.91. The molecule has 3 heteroatoms. The van der Waals surface area contributed by atoms with Gasteiger partial charge in [0, 0.05) is 30.1 Å². The second-order valence-corrected chi connectivity index (χ2v) is 6.40. The summed E-state index contributed by atoms with van der Waals surface area (Å²) in [7, 11) is 0. The normalized spacial score (nSPS) is 24.6. The molecule has 0 aromatic carbocycles. The van der Waals surface area contributed by atoms with Gasteiger partial charge in [0.05, 0.1) is 0 Å². The lowest BCUT2D eigenvalue weighted by atomic mass is 10.1. The fraction of sp³-hybridized carbons (Fsp3) is 0.714. The Morgan fingerprint density at radius 2 is 2.29 bits per heavy atom. The van der Waals surface area contributed by atoms with E-state index in [2.05, 4.69) is 27.7 Å². The van der Waals surface area contributed by atoms with Crippen molar-refractivity contribution in [2.45, 2.75) is 50.7 Å². The highest BCUT2D eigenvalue weighted by atomic mass is 32.1. The lowest BCUT2D eigenvalue weighted by molar-refractivity contribution is 0.243. The van der Waals surface area contributed by atoms with Crippen molar-refractivity contribution in [3.05, 3.63) is 22.4 Å². The van der Waals surface area contributed by atoms with Crippen molar-refractivity contribution >= 4 is 11.3 Å². The summed E-state index contributed by atoms with van der Waals surface area (Å²) in [6, 6.07) is 6.12. The third kappa shape index (κ3) is 3.30. The number of hydrogen-bond donors (Lipinski definition) is 1. The van der Waals surface area contributed by atoms with Crippen LogP contribution >= 0.6 is 11.3 Å². The van der Waals surface area contributed by atoms with Crippen LogP contribution in [-0.4, -0.2) is 30.1 Å². The van der Waals surface area contributed by atoms with E-state index in [0.29, 0.717) is 0 Å². The Balaban J connectivity index is 1.49. The molecule has 2 nitrogen and oxygen atoms in total. The standard InChI is InChI=1S/C14H22N2S/c1-3-12(15-8-1)7-9-16(13-5-6-13)11-14-4-2-10-17-14/h2,4,10,12-13,15H,1,3,5-9,11H2. The maximum Gasteiger partial charge on any atom is 0.0330 e. The van der Waals surface area contributed by atoms with Crippen molar-refractivity contribution < 1.29 is 0 Å². The summed E-state index contributed by atoms with van der Waals surface area (Å²) in [6.07, 6.45) is 6.94. The predicted octanol–water partition coefficient (Wildman–Crippen LogP) is 2.85. The fourth-order valence-corrected chi connectivity index (χ4v) is 3.49. The lowest BCUT2D eigenvalue weighted by Crippen LogP contribution is -2.31. The predicted molar refractivity (Wildman–Crippen MR) is 73.4 cm³/mol. The summed E-state index contributed by atoms with van der Waals surface area (Å²) in [5.41, 5.74) is 0. The van der Waals surface area contributed by atoms with Crippen molar-refractivity contribution in [3.63, 3.8) is 0 Å². The molecule has 2 heterocycles. The molecule has 17 heavy (non-hydrogen) atoms. The molecule has 1 unspecified atom stereocenters. The molecule has 1 saturated heterocycles.